The topological polar surface area (TPSA) is 88.9 Å². The van der Waals surface area contributed by atoms with Gasteiger partial charge in [0.15, 0.2) is 5.82 Å². The smallest absolute Gasteiger partial charge is 0.354 e. The summed E-state index contributed by atoms with van der Waals surface area (Å²) in [5.41, 5.74) is 0.0185. The van der Waals surface area contributed by atoms with Crippen LogP contribution in [0.5, 0.6) is 0 Å². The molecule has 1 aliphatic heterocycles. The zero-order valence-electron chi connectivity index (χ0n) is 15.4. The molecule has 10 heteroatoms. The number of carbonyl (C=O) groups is 2. The average molecular weight is 395 g/mol. The van der Waals surface area contributed by atoms with Crippen LogP contribution < -0.4 is 10.6 Å². The maximum atomic E-state index is 12.7. The summed E-state index contributed by atoms with van der Waals surface area (Å²) in [4.78, 5) is 27.8. The molecule has 0 radical (unpaired) electrons. The van der Waals surface area contributed by atoms with E-state index in [-0.39, 0.29) is 29.6 Å². The Balaban J connectivity index is 1.85. The molecule has 3 heterocycles. The van der Waals surface area contributed by atoms with Gasteiger partial charge in [0, 0.05) is 25.2 Å². The lowest BCUT2D eigenvalue weighted by atomic mass is 10.0. The van der Waals surface area contributed by atoms with E-state index in [1.165, 1.54) is 16.9 Å². The van der Waals surface area contributed by atoms with Crippen LogP contribution in [-0.2, 0) is 11.0 Å². The van der Waals surface area contributed by atoms with E-state index in [4.69, 9.17) is 0 Å². The molecule has 0 aliphatic carbocycles. The Morgan fingerprint density at radius 1 is 1.32 bits per heavy atom. The summed E-state index contributed by atoms with van der Waals surface area (Å²) < 4.78 is 39.6. The molecular weight excluding hydrogens is 375 g/mol. The van der Waals surface area contributed by atoms with Crippen molar-refractivity contribution in [2.45, 2.75) is 44.8 Å². The number of nitrogens with zero attached hydrogens (tertiary/aromatic N) is 3. The molecule has 7 nitrogen and oxygen atoms in total. The lowest BCUT2D eigenvalue weighted by Crippen LogP contribution is -2.47. The third kappa shape index (κ3) is 4.15. The van der Waals surface area contributed by atoms with Crippen LogP contribution in [0.25, 0.3) is 5.82 Å². The number of halogens is 3. The first-order chi connectivity index (χ1) is 13.2. The van der Waals surface area contributed by atoms with Gasteiger partial charge in [-0.05, 0) is 24.5 Å². The van der Waals surface area contributed by atoms with Gasteiger partial charge < -0.3 is 10.6 Å². The van der Waals surface area contributed by atoms with Crippen molar-refractivity contribution in [2.24, 2.45) is 0 Å². The van der Waals surface area contributed by atoms with Gasteiger partial charge >= 0.3 is 6.18 Å². The fraction of sp³-hybridized carbons (Fsp3) is 0.444. The molecule has 1 fully saturated rings. The molecule has 1 saturated heterocycles. The average Bonchev–Trinajstić information content (AvgIpc) is 3.08. The quantitative estimate of drug-likeness (QED) is 0.832. The van der Waals surface area contributed by atoms with Gasteiger partial charge in [0.2, 0.25) is 5.91 Å². The highest BCUT2D eigenvalue weighted by Gasteiger charge is 2.31. The zero-order valence-corrected chi connectivity index (χ0v) is 15.4. The van der Waals surface area contributed by atoms with Gasteiger partial charge in [-0.2, -0.15) is 18.3 Å². The Labute approximate surface area is 159 Å². The minimum atomic E-state index is -4.48. The van der Waals surface area contributed by atoms with Crippen LogP contribution in [-0.4, -0.2) is 39.2 Å². The van der Waals surface area contributed by atoms with Crippen molar-refractivity contribution in [3.63, 3.8) is 0 Å². The molecule has 28 heavy (non-hydrogen) atoms. The van der Waals surface area contributed by atoms with E-state index in [1.807, 2.05) is 13.8 Å². The van der Waals surface area contributed by atoms with Crippen LogP contribution in [0.15, 0.2) is 24.5 Å². The number of aromatic nitrogens is 3. The van der Waals surface area contributed by atoms with E-state index in [0.29, 0.717) is 30.6 Å². The van der Waals surface area contributed by atoms with Gasteiger partial charge in [-0.25, -0.2) is 9.67 Å². The fourth-order valence-electron chi connectivity index (χ4n) is 3.07. The Morgan fingerprint density at radius 2 is 2.07 bits per heavy atom. The summed E-state index contributed by atoms with van der Waals surface area (Å²) in [6.45, 7) is 4.07. The molecule has 0 bridgehead atoms. The molecule has 0 aromatic carbocycles. The predicted molar refractivity (Wildman–Crippen MR) is 93.9 cm³/mol. The van der Waals surface area contributed by atoms with E-state index >= 15 is 0 Å². The van der Waals surface area contributed by atoms with Crippen LogP contribution in [0.2, 0.25) is 0 Å². The number of hydrogen-bond acceptors (Lipinski definition) is 4. The lowest BCUT2D eigenvalue weighted by Gasteiger charge is -2.23. The minimum absolute atomic E-state index is 0.0467. The van der Waals surface area contributed by atoms with Crippen LogP contribution >= 0.6 is 0 Å². The molecule has 0 saturated carbocycles. The summed E-state index contributed by atoms with van der Waals surface area (Å²) in [5.74, 6) is -0.323. The standard InChI is InChI=1S/C18H20F3N5O2/c1-10(2)16-13(17(28)25-12-4-6-15(27)23-8-12)9-24-26(16)14-5-3-11(7-22-14)18(19,20)21/h3,5,7,9-10,12H,4,6,8H2,1-2H3,(H,23,27)(H,25,28). The zero-order chi connectivity index (χ0) is 20.5. The maximum Gasteiger partial charge on any atom is 0.417 e. The first-order valence-corrected chi connectivity index (χ1v) is 8.86. The van der Waals surface area contributed by atoms with Crippen LogP contribution in [0.3, 0.4) is 0 Å². The van der Waals surface area contributed by atoms with Crippen molar-refractivity contribution in [2.75, 3.05) is 6.54 Å². The summed E-state index contributed by atoms with van der Waals surface area (Å²) in [7, 11) is 0. The monoisotopic (exact) mass is 395 g/mol. The lowest BCUT2D eigenvalue weighted by molar-refractivity contribution is -0.137. The van der Waals surface area contributed by atoms with Crippen LogP contribution in [0, 0.1) is 0 Å². The third-order valence-corrected chi connectivity index (χ3v) is 4.49. The van der Waals surface area contributed by atoms with Crippen molar-refractivity contribution >= 4 is 11.8 Å². The molecule has 3 rings (SSSR count). The minimum Gasteiger partial charge on any atom is -0.354 e. The van der Waals surface area contributed by atoms with E-state index in [2.05, 4.69) is 20.7 Å². The number of nitrogens with one attached hydrogen (secondary N) is 2. The molecule has 0 spiro atoms. The number of piperidine rings is 1. The molecule has 1 unspecified atom stereocenters. The van der Waals surface area contributed by atoms with Gasteiger partial charge in [-0.15, -0.1) is 0 Å². The van der Waals surface area contributed by atoms with E-state index in [0.717, 1.165) is 12.3 Å². The Morgan fingerprint density at radius 3 is 2.61 bits per heavy atom. The second kappa shape index (κ2) is 7.61. The first-order valence-electron chi connectivity index (χ1n) is 8.86. The van der Waals surface area contributed by atoms with Crippen molar-refractivity contribution in [3.05, 3.63) is 41.3 Å². The SMILES string of the molecule is CC(C)c1c(C(=O)NC2CCC(=O)NC2)cnn1-c1ccc(C(F)(F)F)cn1. The predicted octanol–water partition coefficient (Wildman–Crippen LogP) is 2.42. The molecule has 2 aromatic rings. The summed E-state index contributed by atoms with van der Waals surface area (Å²) in [6, 6.07) is 1.97. The number of amides is 2. The van der Waals surface area contributed by atoms with Gasteiger partial charge in [0.25, 0.3) is 5.91 Å². The van der Waals surface area contributed by atoms with Crippen LogP contribution in [0.1, 0.15) is 54.2 Å². The van der Waals surface area contributed by atoms with E-state index in [1.54, 1.807) is 0 Å². The number of carbonyl (C=O) groups excluding carboxylic acids is 2. The van der Waals surface area contributed by atoms with Gasteiger partial charge in [-0.3, -0.25) is 9.59 Å². The Hall–Kier alpha value is -2.91. The third-order valence-electron chi connectivity index (χ3n) is 4.49. The van der Waals surface area contributed by atoms with Crippen molar-refractivity contribution in [3.8, 4) is 5.82 Å². The highest BCUT2D eigenvalue weighted by atomic mass is 19.4. The first kappa shape index (κ1) is 19.8. The van der Waals surface area contributed by atoms with Gasteiger partial charge in [0.1, 0.15) is 0 Å². The van der Waals surface area contributed by atoms with E-state index in [9.17, 15) is 22.8 Å². The second-order valence-corrected chi connectivity index (χ2v) is 6.93. The summed E-state index contributed by atoms with van der Waals surface area (Å²) in [6.07, 6.45) is -1.46. The largest absolute Gasteiger partial charge is 0.417 e. The van der Waals surface area contributed by atoms with E-state index < -0.39 is 11.7 Å². The molecule has 150 valence electrons. The van der Waals surface area contributed by atoms with Crippen molar-refractivity contribution < 1.29 is 22.8 Å². The van der Waals surface area contributed by atoms with Crippen molar-refractivity contribution in [1.82, 2.24) is 25.4 Å². The van der Waals surface area contributed by atoms with Crippen molar-refractivity contribution in [1.29, 1.82) is 0 Å². The number of pyridine rings is 1. The Bertz CT molecular complexity index is 864. The fourth-order valence-corrected chi connectivity index (χ4v) is 3.07. The normalized spacial score (nSPS) is 17.5. The number of alkyl halides is 3. The molecular formula is C18H20F3N5O2. The second-order valence-electron chi connectivity index (χ2n) is 6.93. The summed E-state index contributed by atoms with van der Waals surface area (Å²) >= 11 is 0. The Kier molecular flexibility index (Phi) is 5.39. The molecule has 2 amide bonds. The maximum absolute atomic E-state index is 12.7. The molecule has 1 aliphatic rings. The molecule has 2 N–H and O–H groups in total. The molecule has 2 aromatic heterocycles. The number of rotatable bonds is 4. The van der Waals surface area contributed by atoms with Gasteiger partial charge in [-0.1, -0.05) is 13.8 Å². The highest BCUT2D eigenvalue weighted by molar-refractivity contribution is 5.95. The highest BCUT2D eigenvalue weighted by Crippen LogP contribution is 2.29. The number of hydrogen-bond donors (Lipinski definition) is 2. The molecule has 1 atom stereocenters. The summed E-state index contributed by atoms with van der Waals surface area (Å²) in [5, 5.41) is 9.74. The van der Waals surface area contributed by atoms with Gasteiger partial charge in [0.05, 0.1) is 23.0 Å². The van der Waals surface area contributed by atoms with Crippen LogP contribution in [0.4, 0.5) is 13.2 Å².